The molecule has 1 N–H and O–H groups in total. The van der Waals surface area contributed by atoms with Crippen LogP contribution in [-0.4, -0.2) is 50.5 Å². The van der Waals surface area contributed by atoms with E-state index in [-0.39, 0.29) is 18.1 Å². The van der Waals surface area contributed by atoms with Gasteiger partial charge in [-0.3, -0.25) is 13.9 Å². The Hall–Kier alpha value is -2.10. The smallest absolute Gasteiger partial charge is 0.244 e. The van der Waals surface area contributed by atoms with E-state index in [0.717, 1.165) is 27.0 Å². The van der Waals surface area contributed by atoms with Crippen LogP contribution in [0.4, 0.5) is 5.69 Å². The highest BCUT2D eigenvalue weighted by atomic mass is 79.9. The lowest BCUT2D eigenvalue weighted by atomic mass is 10.1. The van der Waals surface area contributed by atoms with Crippen LogP contribution in [0.5, 0.6) is 0 Å². The van der Waals surface area contributed by atoms with E-state index < -0.39 is 28.5 Å². The number of sulfonamides is 1. The van der Waals surface area contributed by atoms with Crippen LogP contribution in [0.1, 0.15) is 25.8 Å². The highest BCUT2D eigenvalue weighted by molar-refractivity contribution is 9.10. The molecule has 0 saturated heterocycles. The molecule has 0 spiro atoms. The summed E-state index contributed by atoms with van der Waals surface area (Å²) >= 11 is 9.40. The van der Waals surface area contributed by atoms with Gasteiger partial charge in [-0.05, 0) is 49.2 Å². The van der Waals surface area contributed by atoms with E-state index >= 15 is 0 Å². The number of benzene rings is 2. The van der Waals surface area contributed by atoms with Crippen LogP contribution in [-0.2, 0) is 26.2 Å². The Balaban J connectivity index is 2.35. The maximum atomic E-state index is 13.3. The van der Waals surface area contributed by atoms with Crippen LogP contribution < -0.4 is 9.62 Å². The molecule has 0 aliphatic heterocycles. The van der Waals surface area contributed by atoms with E-state index in [4.69, 9.17) is 11.6 Å². The average molecular weight is 545 g/mol. The molecule has 0 aliphatic carbocycles. The first-order valence-electron chi connectivity index (χ1n) is 10.1. The van der Waals surface area contributed by atoms with Crippen molar-refractivity contribution < 1.29 is 18.0 Å². The Morgan fingerprint density at radius 3 is 2.38 bits per heavy atom. The van der Waals surface area contributed by atoms with Crippen molar-refractivity contribution in [2.45, 2.75) is 32.9 Å². The lowest BCUT2D eigenvalue weighted by molar-refractivity contribution is -0.139. The predicted octanol–water partition coefficient (Wildman–Crippen LogP) is 3.81. The molecule has 0 aliphatic rings. The molecule has 0 bridgehead atoms. The number of nitrogens with zero attached hydrogens (tertiary/aromatic N) is 2. The second kappa shape index (κ2) is 11.7. The topological polar surface area (TPSA) is 86.8 Å². The summed E-state index contributed by atoms with van der Waals surface area (Å²) < 4.78 is 26.8. The zero-order chi connectivity index (χ0) is 23.9. The van der Waals surface area contributed by atoms with Crippen LogP contribution in [0.2, 0.25) is 5.02 Å². The fraction of sp³-hybridized carbons (Fsp3) is 0.364. The first-order valence-corrected chi connectivity index (χ1v) is 13.1. The van der Waals surface area contributed by atoms with Gasteiger partial charge in [0.05, 0.1) is 11.9 Å². The van der Waals surface area contributed by atoms with Gasteiger partial charge in [-0.2, -0.15) is 0 Å². The fourth-order valence-electron chi connectivity index (χ4n) is 3.01. The number of rotatable bonds is 10. The summed E-state index contributed by atoms with van der Waals surface area (Å²) in [6.07, 6.45) is 1.79. The number of carbonyl (C=O) groups excluding carboxylic acids is 2. The number of amides is 2. The van der Waals surface area contributed by atoms with Gasteiger partial charge in [-0.1, -0.05) is 52.7 Å². The maximum absolute atomic E-state index is 13.3. The molecule has 0 saturated carbocycles. The summed E-state index contributed by atoms with van der Waals surface area (Å²) in [6.45, 7) is 3.75. The zero-order valence-electron chi connectivity index (χ0n) is 18.2. The Morgan fingerprint density at radius 1 is 1.16 bits per heavy atom. The molecule has 0 radical (unpaired) electrons. The van der Waals surface area contributed by atoms with Crippen molar-refractivity contribution in [3.63, 3.8) is 0 Å². The quantitative estimate of drug-likeness (QED) is 0.493. The normalized spacial score (nSPS) is 12.2. The van der Waals surface area contributed by atoms with Crippen molar-refractivity contribution in [1.82, 2.24) is 10.2 Å². The molecular formula is C22H27BrClN3O4S. The monoisotopic (exact) mass is 543 g/mol. The molecule has 7 nitrogen and oxygen atoms in total. The van der Waals surface area contributed by atoms with Crippen LogP contribution in [0, 0.1) is 0 Å². The van der Waals surface area contributed by atoms with E-state index in [1.54, 1.807) is 25.1 Å². The third-order valence-electron chi connectivity index (χ3n) is 4.76. The lowest BCUT2D eigenvalue weighted by Crippen LogP contribution is -2.51. The van der Waals surface area contributed by atoms with Crippen molar-refractivity contribution in [3.05, 3.63) is 63.6 Å². The molecule has 2 aromatic carbocycles. The fourth-order valence-corrected chi connectivity index (χ4v) is 4.30. The number of carbonyl (C=O) groups is 2. The second-order valence-corrected chi connectivity index (χ2v) is 10.6. The molecule has 0 heterocycles. The summed E-state index contributed by atoms with van der Waals surface area (Å²) in [5.41, 5.74) is 1.09. The van der Waals surface area contributed by atoms with Crippen LogP contribution in [0.25, 0.3) is 0 Å². The highest BCUT2D eigenvalue weighted by Crippen LogP contribution is 2.22. The Kier molecular flexibility index (Phi) is 9.54. The van der Waals surface area contributed by atoms with E-state index in [1.807, 2.05) is 31.2 Å². The number of anilines is 1. The van der Waals surface area contributed by atoms with Crippen LogP contribution in [0.3, 0.4) is 0 Å². The van der Waals surface area contributed by atoms with Crippen molar-refractivity contribution in [2.75, 3.05) is 23.7 Å². The molecule has 1 unspecified atom stereocenters. The van der Waals surface area contributed by atoms with Gasteiger partial charge in [0, 0.05) is 22.6 Å². The largest absolute Gasteiger partial charge is 0.354 e. The number of nitrogens with one attached hydrogen (secondary N) is 1. The van der Waals surface area contributed by atoms with Gasteiger partial charge in [-0.15, -0.1) is 0 Å². The third kappa shape index (κ3) is 7.50. The minimum Gasteiger partial charge on any atom is -0.354 e. The van der Waals surface area contributed by atoms with Crippen molar-refractivity contribution >= 4 is 55.1 Å². The summed E-state index contributed by atoms with van der Waals surface area (Å²) in [7, 11) is -3.78. The molecule has 10 heteroatoms. The van der Waals surface area contributed by atoms with Crippen molar-refractivity contribution in [1.29, 1.82) is 0 Å². The van der Waals surface area contributed by atoms with E-state index in [2.05, 4.69) is 21.2 Å². The molecule has 174 valence electrons. The number of halogens is 2. The predicted molar refractivity (Wildman–Crippen MR) is 131 cm³/mol. The van der Waals surface area contributed by atoms with E-state index in [0.29, 0.717) is 11.6 Å². The average Bonchev–Trinajstić information content (AvgIpc) is 2.73. The van der Waals surface area contributed by atoms with Gasteiger partial charge in [0.25, 0.3) is 0 Å². The van der Waals surface area contributed by atoms with Gasteiger partial charge >= 0.3 is 0 Å². The molecule has 2 amide bonds. The van der Waals surface area contributed by atoms with Crippen molar-refractivity contribution in [2.24, 2.45) is 0 Å². The molecule has 1 atom stereocenters. The Morgan fingerprint density at radius 2 is 1.81 bits per heavy atom. The Bertz CT molecular complexity index is 1050. The first kappa shape index (κ1) is 26.2. The van der Waals surface area contributed by atoms with E-state index in [1.165, 1.54) is 11.0 Å². The number of hydrogen-bond acceptors (Lipinski definition) is 4. The molecule has 32 heavy (non-hydrogen) atoms. The first-order chi connectivity index (χ1) is 15.0. The molecule has 2 rings (SSSR count). The Labute approximate surface area is 202 Å². The van der Waals surface area contributed by atoms with Gasteiger partial charge in [0.1, 0.15) is 12.6 Å². The van der Waals surface area contributed by atoms with Gasteiger partial charge in [0.15, 0.2) is 0 Å². The third-order valence-corrected chi connectivity index (χ3v) is 6.66. The summed E-state index contributed by atoms with van der Waals surface area (Å²) in [6, 6.07) is 12.8. The van der Waals surface area contributed by atoms with Gasteiger partial charge in [0.2, 0.25) is 21.8 Å². The van der Waals surface area contributed by atoms with Gasteiger partial charge in [-0.25, -0.2) is 8.42 Å². The minimum atomic E-state index is -3.78. The summed E-state index contributed by atoms with van der Waals surface area (Å²) in [5.74, 6) is -0.802. The standard InChI is InChI=1S/C22H27BrClN3O4S/c1-4-12-25-22(29)16(2)26(14-17-8-10-18(23)11-9-17)21(28)15-27(32(3,30)31)20-7-5-6-19(24)13-20/h5-11,13,16H,4,12,14-15H2,1-3H3,(H,25,29). The SMILES string of the molecule is CCCNC(=O)C(C)N(Cc1ccc(Br)cc1)C(=O)CN(c1cccc(Cl)c1)S(C)(=O)=O. The lowest BCUT2D eigenvalue weighted by Gasteiger charge is -2.31. The maximum Gasteiger partial charge on any atom is 0.244 e. The summed E-state index contributed by atoms with van der Waals surface area (Å²) in [4.78, 5) is 27.4. The van der Waals surface area contributed by atoms with Gasteiger partial charge < -0.3 is 10.2 Å². The van der Waals surface area contributed by atoms with Crippen LogP contribution in [0.15, 0.2) is 53.0 Å². The number of hydrogen-bond donors (Lipinski definition) is 1. The summed E-state index contributed by atoms with van der Waals surface area (Å²) in [5, 5.41) is 3.15. The highest BCUT2D eigenvalue weighted by Gasteiger charge is 2.30. The van der Waals surface area contributed by atoms with E-state index in [9.17, 15) is 18.0 Å². The molecular weight excluding hydrogens is 518 g/mol. The molecule has 2 aromatic rings. The zero-order valence-corrected chi connectivity index (χ0v) is 21.4. The second-order valence-electron chi connectivity index (χ2n) is 7.36. The minimum absolute atomic E-state index is 0.153. The molecule has 0 fully saturated rings. The van der Waals surface area contributed by atoms with Crippen LogP contribution >= 0.6 is 27.5 Å². The molecule has 0 aromatic heterocycles. The van der Waals surface area contributed by atoms with Crippen molar-refractivity contribution in [3.8, 4) is 0 Å².